The maximum Gasteiger partial charge on any atom is 0.306 e. The summed E-state index contributed by atoms with van der Waals surface area (Å²) in [5.74, 6) is -0.671. The Morgan fingerprint density at radius 1 is 0.480 bits per heavy atom. The van der Waals surface area contributed by atoms with Gasteiger partial charge in [-0.1, -0.05) is 157 Å². The third-order valence-corrected chi connectivity index (χ3v) is 8.17. The lowest BCUT2D eigenvalue weighted by molar-refractivity contribution is -0.161. The molecular formula is C45H74O5. The van der Waals surface area contributed by atoms with E-state index in [0.29, 0.717) is 12.8 Å². The fraction of sp³-hybridized carbons (Fsp3) is 0.644. The molecule has 1 N–H and O–H groups in total. The molecule has 0 aromatic rings. The Labute approximate surface area is 307 Å². The topological polar surface area (TPSA) is 72.8 Å². The first-order valence-corrected chi connectivity index (χ1v) is 20.1. The minimum atomic E-state index is -0.807. The zero-order valence-corrected chi connectivity index (χ0v) is 32.1. The van der Waals surface area contributed by atoms with Crippen LogP contribution in [-0.2, 0) is 19.1 Å². The molecule has 0 fully saturated rings. The van der Waals surface area contributed by atoms with Crippen LogP contribution in [-0.4, -0.2) is 36.4 Å². The maximum absolute atomic E-state index is 12.2. The first-order valence-electron chi connectivity index (χ1n) is 20.1. The molecule has 0 aromatic carbocycles. The Hall–Kier alpha value is -2.92. The number of ether oxygens (including phenoxy) is 2. The van der Waals surface area contributed by atoms with Gasteiger partial charge in [-0.15, -0.1) is 0 Å². The van der Waals surface area contributed by atoms with E-state index in [1.165, 1.54) is 70.6 Å². The zero-order chi connectivity index (χ0) is 36.4. The third-order valence-electron chi connectivity index (χ3n) is 8.17. The molecule has 0 bridgehead atoms. The molecule has 284 valence electrons. The average molecular weight is 695 g/mol. The summed E-state index contributed by atoms with van der Waals surface area (Å²) in [6.45, 7) is 3.93. The van der Waals surface area contributed by atoms with Crippen molar-refractivity contribution in [2.24, 2.45) is 0 Å². The smallest absolute Gasteiger partial charge is 0.306 e. The largest absolute Gasteiger partial charge is 0.462 e. The van der Waals surface area contributed by atoms with Crippen molar-refractivity contribution in [2.75, 3.05) is 13.2 Å². The highest BCUT2D eigenvalue weighted by Gasteiger charge is 2.15. The Kier molecular flexibility index (Phi) is 38.1. The van der Waals surface area contributed by atoms with Crippen LogP contribution >= 0.6 is 0 Å². The van der Waals surface area contributed by atoms with E-state index in [4.69, 9.17) is 9.47 Å². The minimum Gasteiger partial charge on any atom is -0.462 e. The lowest BCUT2D eigenvalue weighted by atomic mass is 10.1. The summed E-state index contributed by atoms with van der Waals surface area (Å²) >= 11 is 0. The molecule has 0 saturated heterocycles. The number of carbonyl (C=O) groups excluding carboxylic acids is 2. The summed E-state index contributed by atoms with van der Waals surface area (Å²) in [6, 6.07) is 0. The minimum absolute atomic E-state index is 0.0954. The van der Waals surface area contributed by atoms with Crippen LogP contribution in [0, 0.1) is 0 Å². The first kappa shape index (κ1) is 47.1. The number of unbranched alkanes of at least 4 members (excludes halogenated alkanes) is 13. The second-order valence-electron chi connectivity index (χ2n) is 13.0. The number of carbonyl (C=O) groups is 2. The molecule has 1 atom stereocenters. The zero-order valence-electron chi connectivity index (χ0n) is 32.1. The molecule has 50 heavy (non-hydrogen) atoms. The van der Waals surface area contributed by atoms with Crippen LogP contribution in [0.3, 0.4) is 0 Å². The lowest BCUT2D eigenvalue weighted by Crippen LogP contribution is -2.28. The maximum atomic E-state index is 12.2. The van der Waals surface area contributed by atoms with Gasteiger partial charge in [0.25, 0.3) is 0 Å². The normalized spacial score (nSPS) is 13.1. The van der Waals surface area contributed by atoms with Gasteiger partial charge in [-0.05, 0) is 83.5 Å². The van der Waals surface area contributed by atoms with Gasteiger partial charge in [0.2, 0.25) is 0 Å². The molecule has 1 unspecified atom stereocenters. The van der Waals surface area contributed by atoms with Crippen LogP contribution in [0.5, 0.6) is 0 Å². The third kappa shape index (κ3) is 37.9. The highest BCUT2D eigenvalue weighted by molar-refractivity contribution is 5.70. The number of aliphatic hydroxyl groups is 1. The molecule has 0 spiro atoms. The Morgan fingerprint density at radius 3 is 1.36 bits per heavy atom. The number of hydrogen-bond donors (Lipinski definition) is 1. The number of rotatable bonds is 35. The van der Waals surface area contributed by atoms with Gasteiger partial charge < -0.3 is 14.6 Å². The molecule has 0 radical (unpaired) electrons. The SMILES string of the molecule is CCC=CCC=CCC=CCC=CCC=CCCCC(=O)OC(CO)COC(=O)CCCCCCCCCCCC=CCC=CCCCCC. The summed E-state index contributed by atoms with van der Waals surface area (Å²) in [5.41, 5.74) is 0. The Balaban J connectivity index is 3.67. The summed E-state index contributed by atoms with van der Waals surface area (Å²) in [5, 5.41) is 9.55. The Bertz CT molecular complexity index is 968. The van der Waals surface area contributed by atoms with Crippen LogP contribution in [0.4, 0.5) is 0 Å². The van der Waals surface area contributed by atoms with Crippen molar-refractivity contribution in [3.8, 4) is 0 Å². The quantitative estimate of drug-likeness (QED) is 0.0406. The van der Waals surface area contributed by atoms with E-state index in [0.717, 1.165) is 64.2 Å². The van der Waals surface area contributed by atoms with E-state index >= 15 is 0 Å². The van der Waals surface area contributed by atoms with Crippen molar-refractivity contribution in [1.29, 1.82) is 0 Å². The van der Waals surface area contributed by atoms with Crippen LogP contribution in [0.15, 0.2) is 85.1 Å². The molecule has 0 aromatic heterocycles. The van der Waals surface area contributed by atoms with Gasteiger partial charge in [0, 0.05) is 12.8 Å². The van der Waals surface area contributed by atoms with E-state index in [2.05, 4.69) is 98.9 Å². The van der Waals surface area contributed by atoms with Crippen LogP contribution < -0.4 is 0 Å². The fourth-order valence-corrected chi connectivity index (χ4v) is 5.15. The van der Waals surface area contributed by atoms with Gasteiger partial charge >= 0.3 is 11.9 Å². The molecule has 0 heterocycles. The van der Waals surface area contributed by atoms with E-state index in [-0.39, 0.29) is 31.6 Å². The molecule has 0 aliphatic carbocycles. The number of aliphatic hydroxyl groups excluding tert-OH is 1. The van der Waals surface area contributed by atoms with Crippen LogP contribution in [0.1, 0.15) is 168 Å². The van der Waals surface area contributed by atoms with Crippen molar-refractivity contribution in [3.63, 3.8) is 0 Å². The van der Waals surface area contributed by atoms with Gasteiger partial charge in [-0.2, -0.15) is 0 Å². The monoisotopic (exact) mass is 695 g/mol. The predicted molar refractivity (Wildman–Crippen MR) is 214 cm³/mol. The molecule has 0 aliphatic rings. The molecule has 5 heteroatoms. The van der Waals surface area contributed by atoms with Crippen molar-refractivity contribution in [3.05, 3.63) is 85.1 Å². The summed E-state index contributed by atoms with van der Waals surface area (Å²) in [4.78, 5) is 24.3. The molecule has 0 amide bonds. The van der Waals surface area contributed by atoms with Crippen LogP contribution in [0.25, 0.3) is 0 Å². The molecule has 0 saturated carbocycles. The average Bonchev–Trinajstić information content (AvgIpc) is 3.12. The van der Waals surface area contributed by atoms with Gasteiger partial charge in [-0.25, -0.2) is 0 Å². The lowest BCUT2D eigenvalue weighted by Gasteiger charge is -2.15. The standard InChI is InChI=1S/C45H74O5/c1-3-5-7-9-11-13-15-17-19-21-22-24-25-27-29-31-33-35-37-39-44(47)49-42-43(41-46)50-45(48)40-38-36-34-32-30-28-26-23-20-18-16-14-12-10-8-6-4-2/h6,8,11-14,17-20,26,28,32,34,43,46H,3-5,7,9-10,15-16,21-25,27,29-31,33,35-42H2,1-2H3. The molecule has 5 nitrogen and oxygen atoms in total. The van der Waals surface area contributed by atoms with Crippen molar-refractivity contribution in [2.45, 2.75) is 174 Å². The first-order chi connectivity index (χ1) is 24.6. The highest BCUT2D eigenvalue weighted by atomic mass is 16.6. The molecular weight excluding hydrogens is 620 g/mol. The highest BCUT2D eigenvalue weighted by Crippen LogP contribution is 2.12. The van der Waals surface area contributed by atoms with E-state index < -0.39 is 6.10 Å². The molecule has 0 aliphatic heterocycles. The van der Waals surface area contributed by atoms with E-state index in [1.54, 1.807) is 0 Å². The van der Waals surface area contributed by atoms with Gasteiger partial charge in [0.15, 0.2) is 6.10 Å². The fourth-order valence-electron chi connectivity index (χ4n) is 5.15. The number of allylic oxidation sites excluding steroid dienone is 14. The van der Waals surface area contributed by atoms with Crippen molar-refractivity contribution in [1.82, 2.24) is 0 Å². The molecule has 0 rings (SSSR count). The number of hydrogen-bond acceptors (Lipinski definition) is 5. The van der Waals surface area contributed by atoms with E-state index in [1.807, 2.05) is 0 Å². The van der Waals surface area contributed by atoms with Gasteiger partial charge in [-0.3, -0.25) is 9.59 Å². The van der Waals surface area contributed by atoms with E-state index in [9.17, 15) is 14.7 Å². The van der Waals surface area contributed by atoms with Crippen LogP contribution in [0.2, 0.25) is 0 Å². The predicted octanol–water partition coefficient (Wildman–Crippen LogP) is 12.7. The second kappa shape index (κ2) is 40.5. The van der Waals surface area contributed by atoms with Crippen molar-refractivity contribution >= 4 is 11.9 Å². The van der Waals surface area contributed by atoms with Crippen molar-refractivity contribution < 1.29 is 24.2 Å². The summed E-state index contributed by atoms with van der Waals surface area (Å²) < 4.78 is 10.6. The Morgan fingerprint density at radius 2 is 0.880 bits per heavy atom. The van der Waals surface area contributed by atoms with Gasteiger partial charge in [0.05, 0.1) is 6.61 Å². The second-order valence-corrected chi connectivity index (χ2v) is 13.0. The number of esters is 2. The van der Waals surface area contributed by atoms with Gasteiger partial charge in [0.1, 0.15) is 6.61 Å². The summed E-state index contributed by atoms with van der Waals surface area (Å²) in [6.07, 6.45) is 55.0. The summed E-state index contributed by atoms with van der Waals surface area (Å²) in [7, 11) is 0.